The second-order valence-corrected chi connectivity index (χ2v) is 10.1. The molecule has 0 saturated heterocycles. The van der Waals surface area contributed by atoms with Gasteiger partial charge in [-0.15, -0.1) is 0 Å². The Labute approximate surface area is 241 Å². The molecule has 216 valence electrons. The molecule has 2 aromatic rings. The van der Waals surface area contributed by atoms with Gasteiger partial charge in [-0.1, -0.05) is 64.3 Å². The lowest BCUT2D eigenvalue weighted by molar-refractivity contribution is -1.10. The van der Waals surface area contributed by atoms with E-state index in [-0.39, 0.29) is 11.5 Å². The molecule has 0 spiro atoms. The lowest BCUT2D eigenvalue weighted by atomic mass is 10.0. The summed E-state index contributed by atoms with van der Waals surface area (Å²) in [6, 6.07) is 8.09. The molecule has 2 aromatic heterocycles. The van der Waals surface area contributed by atoms with Crippen LogP contribution in [-0.2, 0) is 11.4 Å². The fourth-order valence-corrected chi connectivity index (χ4v) is 4.68. The van der Waals surface area contributed by atoms with Crippen molar-refractivity contribution in [2.75, 3.05) is 26.7 Å². The van der Waals surface area contributed by atoms with Gasteiger partial charge in [0.15, 0.2) is 0 Å². The average Bonchev–Trinajstić information content (AvgIpc) is 2.99. The van der Waals surface area contributed by atoms with E-state index in [9.17, 15) is 10.1 Å². The van der Waals surface area contributed by atoms with Crippen LogP contribution in [0.5, 0.6) is 0 Å². The van der Waals surface area contributed by atoms with Gasteiger partial charge < -0.3 is 0 Å². The van der Waals surface area contributed by atoms with E-state index in [1.54, 1.807) is 24.2 Å². The number of likely N-dealkylation sites (N-methyl/N-ethyl adjacent to an activating group) is 1. The molecule has 40 heavy (non-hydrogen) atoms. The van der Waals surface area contributed by atoms with Crippen LogP contribution in [0.2, 0.25) is 0 Å². The van der Waals surface area contributed by atoms with Crippen molar-refractivity contribution in [3.05, 3.63) is 81.8 Å². The predicted molar refractivity (Wildman–Crippen MR) is 164 cm³/mol. The van der Waals surface area contributed by atoms with Crippen LogP contribution < -0.4 is 5.56 Å². The number of quaternary nitrogens is 1. The first-order valence-electron chi connectivity index (χ1n) is 14.8. The molecule has 0 fully saturated rings. The largest absolute Gasteiger partial charge is 0.299 e. The first-order chi connectivity index (χ1) is 19.5. The highest BCUT2D eigenvalue weighted by atomic mass is 16.7. The SMILES string of the molecule is CC/C=C/C(=C\c1c(/C=C/CC)ncn(CCCCCC)c1=O)C[N+](CC)(CCC(C#N)c1ccccn1)OC. The molecule has 0 amide bonds. The molecule has 0 bridgehead atoms. The zero-order valence-corrected chi connectivity index (χ0v) is 25.2. The number of aryl methyl sites for hydroxylation is 1. The third-order valence-electron chi connectivity index (χ3n) is 7.23. The maximum atomic E-state index is 13.7. The third kappa shape index (κ3) is 10.0. The molecule has 0 aliphatic carbocycles. The Hall–Kier alpha value is -3.34. The van der Waals surface area contributed by atoms with Gasteiger partial charge >= 0.3 is 0 Å². The van der Waals surface area contributed by atoms with E-state index >= 15 is 0 Å². The van der Waals surface area contributed by atoms with Crippen molar-refractivity contribution in [1.29, 1.82) is 5.26 Å². The summed E-state index contributed by atoms with van der Waals surface area (Å²) in [5.74, 6) is -0.317. The molecule has 0 aliphatic heterocycles. The summed E-state index contributed by atoms with van der Waals surface area (Å²) in [5, 5.41) is 9.85. The number of rotatable bonds is 18. The van der Waals surface area contributed by atoms with Crippen LogP contribution in [0.15, 0.2) is 59.3 Å². The standard InChI is InChI=1S/C33H48N5O2/c1-6-10-13-16-22-37-27-36-32(18-12-8-3)30(33(37)39)24-28(17-11-7-2)26-38(9-4,40-5)23-20-29(25-34)31-19-14-15-21-35-31/h11-12,14-15,17-19,21,24,27,29H,6-10,13,16,20,22-23,26H2,1-5H3/q+1/b17-11+,18-12+,28-24+. The summed E-state index contributed by atoms with van der Waals surface area (Å²) < 4.78 is 2.07. The van der Waals surface area contributed by atoms with E-state index in [0.29, 0.717) is 48.5 Å². The first-order valence-corrected chi connectivity index (χ1v) is 14.8. The maximum absolute atomic E-state index is 13.7. The number of hydrogen-bond acceptors (Lipinski definition) is 5. The number of hydrogen-bond donors (Lipinski definition) is 0. The van der Waals surface area contributed by atoms with E-state index in [4.69, 9.17) is 4.84 Å². The number of hydroxylamine groups is 3. The van der Waals surface area contributed by atoms with Gasteiger partial charge in [0.1, 0.15) is 19.6 Å². The van der Waals surface area contributed by atoms with Gasteiger partial charge in [0.25, 0.3) is 5.56 Å². The van der Waals surface area contributed by atoms with Gasteiger partial charge in [-0.2, -0.15) is 9.91 Å². The quantitative estimate of drug-likeness (QED) is 0.0863. The third-order valence-corrected chi connectivity index (χ3v) is 7.23. The molecule has 2 atom stereocenters. The predicted octanol–water partition coefficient (Wildman–Crippen LogP) is 7.09. The fraction of sp³-hybridized carbons (Fsp3) is 0.515. The van der Waals surface area contributed by atoms with E-state index in [2.05, 4.69) is 55.9 Å². The van der Waals surface area contributed by atoms with E-state index in [1.165, 1.54) is 6.42 Å². The monoisotopic (exact) mass is 546 g/mol. The number of unbranched alkanes of at least 4 members (excludes halogenated alkanes) is 3. The van der Waals surface area contributed by atoms with Crippen molar-refractivity contribution in [2.24, 2.45) is 0 Å². The maximum Gasteiger partial charge on any atom is 0.261 e. The topological polar surface area (TPSA) is 80.8 Å². The summed E-state index contributed by atoms with van der Waals surface area (Å²) >= 11 is 0. The van der Waals surface area contributed by atoms with Gasteiger partial charge in [0, 0.05) is 24.7 Å². The van der Waals surface area contributed by atoms with Crippen LogP contribution in [0.4, 0.5) is 0 Å². The molecule has 7 nitrogen and oxygen atoms in total. The minimum atomic E-state index is -0.317. The second kappa shape index (κ2) is 18.1. The van der Waals surface area contributed by atoms with Gasteiger partial charge in [0.05, 0.1) is 42.4 Å². The number of aromatic nitrogens is 3. The molecule has 0 aromatic carbocycles. The first kappa shape index (κ1) is 32.9. The van der Waals surface area contributed by atoms with Crippen molar-refractivity contribution in [2.45, 2.75) is 85.1 Å². The smallest absolute Gasteiger partial charge is 0.261 e. The van der Waals surface area contributed by atoms with Crippen LogP contribution in [0.1, 0.15) is 95.5 Å². The summed E-state index contributed by atoms with van der Waals surface area (Å²) in [7, 11) is 1.72. The van der Waals surface area contributed by atoms with E-state index in [1.807, 2.05) is 36.4 Å². The zero-order chi connectivity index (χ0) is 29.2. The highest BCUT2D eigenvalue weighted by Crippen LogP contribution is 2.23. The molecule has 0 N–H and O–H groups in total. The summed E-state index contributed by atoms with van der Waals surface area (Å²) in [6.45, 7) is 11.0. The van der Waals surface area contributed by atoms with Gasteiger partial charge in [-0.05, 0) is 50.5 Å². The van der Waals surface area contributed by atoms with Crippen molar-refractivity contribution in [3.63, 3.8) is 0 Å². The molecule has 2 unspecified atom stereocenters. The van der Waals surface area contributed by atoms with Crippen molar-refractivity contribution < 1.29 is 9.48 Å². The van der Waals surface area contributed by atoms with Crippen LogP contribution >= 0.6 is 0 Å². The lowest BCUT2D eigenvalue weighted by Gasteiger charge is -2.34. The highest BCUT2D eigenvalue weighted by molar-refractivity contribution is 5.64. The highest BCUT2D eigenvalue weighted by Gasteiger charge is 2.30. The Morgan fingerprint density at radius 2 is 1.93 bits per heavy atom. The van der Waals surface area contributed by atoms with Crippen molar-refractivity contribution in [3.8, 4) is 6.07 Å². The number of nitriles is 1. The minimum absolute atomic E-state index is 0.0173. The van der Waals surface area contributed by atoms with Gasteiger partial charge in [0.2, 0.25) is 0 Å². The Balaban J connectivity index is 2.46. The zero-order valence-electron chi connectivity index (χ0n) is 25.2. The van der Waals surface area contributed by atoms with Crippen LogP contribution in [0.25, 0.3) is 12.2 Å². The van der Waals surface area contributed by atoms with Crippen LogP contribution in [0.3, 0.4) is 0 Å². The Morgan fingerprint density at radius 1 is 1.12 bits per heavy atom. The van der Waals surface area contributed by atoms with Crippen LogP contribution in [0, 0.1) is 11.3 Å². The number of nitrogens with zero attached hydrogens (tertiary/aromatic N) is 5. The number of allylic oxidation sites excluding steroid dienone is 2. The Kier molecular flexibility index (Phi) is 14.9. The minimum Gasteiger partial charge on any atom is -0.299 e. The van der Waals surface area contributed by atoms with Gasteiger partial charge in [-0.3, -0.25) is 14.3 Å². The molecule has 2 heterocycles. The van der Waals surface area contributed by atoms with E-state index in [0.717, 1.165) is 43.4 Å². The second-order valence-electron chi connectivity index (χ2n) is 10.1. The average molecular weight is 547 g/mol. The molecule has 0 aliphatic rings. The molecular formula is C33H48N5O2+. The van der Waals surface area contributed by atoms with Crippen molar-refractivity contribution >= 4 is 12.2 Å². The summed E-state index contributed by atoms with van der Waals surface area (Å²) in [4.78, 5) is 28.9. The van der Waals surface area contributed by atoms with Crippen LogP contribution in [-0.4, -0.2) is 45.9 Å². The Bertz CT molecular complexity index is 1200. The Morgan fingerprint density at radius 3 is 2.55 bits per heavy atom. The summed E-state index contributed by atoms with van der Waals surface area (Å²) in [5.41, 5.74) is 3.04. The molecule has 7 heteroatoms. The van der Waals surface area contributed by atoms with E-state index < -0.39 is 0 Å². The molecular weight excluding hydrogens is 498 g/mol. The molecule has 0 saturated carbocycles. The fourth-order valence-electron chi connectivity index (χ4n) is 4.68. The van der Waals surface area contributed by atoms with Crippen molar-refractivity contribution in [1.82, 2.24) is 14.5 Å². The normalized spacial score (nSPS) is 14.4. The summed E-state index contributed by atoms with van der Waals surface area (Å²) in [6.07, 6.45) is 20.3. The lowest BCUT2D eigenvalue weighted by Crippen LogP contribution is -2.49. The van der Waals surface area contributed by atoms with Gasteiger partial charge in [-0.25, -0.2) is 9.82 Å². The number of pyridine rings is 1. The molecule has 2 rings (SSSR count). The molecule has 0 radical (unpaired) electrons.